The summed E-state index contributed by atoms with van der Waals surface area (Å²) < 4.78 is 5.37. The second-order valence-corrected chi connectivity index (χ2v) is 7.02. The maximum absolute atomic E-state index is 12.1. The summed E-state index contributed by atoms with van der Waals surface area (Å²) in [6.07, 6.45) is 0.454. The summed E-state index contributed by atoms with van der Waals surface area (Å²) in [5.74, 6) is -0.508. The summed E-state index contributed by atoms with van der Waals surface area (Å²) in [4.78, 5) is 25.0. The molecule has 0 spiro atoms. The van der Waals surface area contributed by atoms with E-state index < -0.39 is 11.5 Å². The molecule has 1 unspecified atom stereocenters. The van der Waals surface area contributed by atoms with E-state index in [1.165, 1.54) is 0 Å². The molecule has 2 amide bonds. The van der Waals surface area contributed by atoms with Crippen LogP contribution in [0.15, 0.2) is 18.2 Å². The molecule has 1 fully saturated rings. The molecule has 23 heavy (non-hydrogen) atoms. The van der Waals surface area contributed by atoms with E-state index in [4.69, 9.17) is 22.1 Å². The topological polar surface area (TPSA) is 84.7 Å². The fourth-order valence-corrected chi connectivity index (χ4v) is 2.55. The van der Waals surface area contributed by atoms with Crippen LogP contribution in [-0.2, 0) is 4.74 Å². The van der Waals surface area contributed by atoms with Crippen molar-refractivity contribution in [3.8, 4) is 0 Å². The van der Waals surface area contributed by atoms with Gasteiger partial charge in [0.1, 0.15) is 5.60 Å². The molecule has 1 aromatic carbocycles. The summed E-state index contributed by atoms with van der Waals surface area (Å²) >= 11 is 6.15. The first kappa shape index (κ1) is 17.4. The third kappa shape index (κ3) is 4.76. The van der Waals surface area contributed by atoms with Crippen LogP contribution in [0.1, 0.15) is 37.6 Å². The third-order valence-corrected chi connectivity index (χ3v) is 3.78. The molecule has 0 aliphatic carbocycles. The highest BCUT2D eigenvalue weighted by Crippen LogP contribution is 2.26. The quantitative estimate of drug-likeness (QED) is 0.886. The van der Waals surface area contributed by atoms with Crippen molar-refractivity contribution in [2.24, 2.45) is 5.73 Å². The number of likely N-dealkylation sites (tertiary alicyclic amines) is 1. The van der Waals surface area contributed by atoms with E-state index in [0.717, 1.165) is 6.42 Å². The molecule has 7 heteroatoms. The SMILES string of the molecule is CC(C)(C)OC(=O)N1CCC(Nc2cc(C(N)=O)ccc2Cl)C1. The molecule has 1 aliphatic heterocycles. The van der Waals surface area contributed by atoms with Gasteiger partial charge in [0.2, 0.25) is 5.91 Å². The van der Waals surface area contributed by atoms with Crippen LogP contribution in [-0.4, -0.2) is 41.6 Å². The number of hydrogen-bond donors (Lipinski definition) is 2. The van der Waals surface area contributed by atoms with E-state index in [0.29, 0.717) is 29.4 Å². The van der Waals surface area contributed by atoms with Gasteiger partial charge in [-0.3, -0.25) is 4.79 Å². The number of carbonyl (C=O) groups excluding carboxylic acids is 2. The maximum Gasteiger partial charge on any atom is 0.410 e. The van der Waals surface area contributed by atoms with Gasteiger partial charge in [-0.15, -0.1) is 0 Å². The monoisotopic (exact) mass is 339 g/mol. The predicted octanol–water partition coefficient (Wildman–Crippen LogP) is 2.86. The minimum absolute atomic E-state index is 0.0446. The summed E-state index contributed by atoms with van der Waals surface area (Å²) in [6.45, 7) is 6.65. The number of hydrogen-bond acceptors (Lipinski definition) is 4. The Balaban J connectivity index is 1.99. The molecule has 1 saturated heterocycles. The Morgan fingerprint density at radius 2 is 2.09 bits per heavy atom. The van der Waals surface area contributed by atoms with E-state index in [-0.39, 0.29) is 12.1 Å². The summed E-state index contributed by atoms with van der Waals surface area (Å²) in [7, 11) is 0. The minimum atomic E-state index is -0.512. The van der Waals surface area contributed by atoms with Crippen LogP contribution >= 0.6 is 11.6 Å². The lowest BCUT2D eigenvalue weighted by Crippen LogP contribution is -2.36. The van der Waals surface area contributed by atoms with Gasteiger partial charge >= 0.3 is 6.09 Å². The largest absolute Gasteiger partial charge is 0.444 e. The van der Waals surface area contributed by atoms with Gasteiger partial charge in [0, 0.05) is 24.7 Å². The number of amides is 2. The number of nitrogens with one attached hydrogen (secondary N) is 1. The molecule has 2 rings (SSSR count). The number of nitrogens with two attached hydrogens (primary N) is 1. The van der Waals surface area contributed by atoms with Crippen molar-refractivity contribution in [3.05, 3.63) is 28.8 Å². The molecule has 0 saturated carbocycles. The Bertz CT molecular complexity index is 613. The van der Waals surface area contributed by atoms with Crippen molar-refractivity contribution in [1.29, 1.82) is 0 Å². The van der Waals surface area contributed by atoms with Crippen LogP contribution in [0.2, 0.25) is 5.02 Å². The predicted molar refractivity (Wildman–Crippen MR) is 89.8 cm³/mol. The number of nitrogens with zero attached hydrogens (tertiary/aromatic N) is 1. The molecule has 126 valence electrons. The van der Waals surface area contributed by atoms with Crippen LogP contribution in [0.5, 0.6) is 0 Å². The zero-order valence-corrected chi connectivity index (χ0v) is 14.3. The Kier molecular flexibility index (Phi) is 5.04. The summed E-state index contributed by atoms with van der Waals surface area (Å²) in [5.41, 5.74) is 5.80. The van der Waals surface area contributed by atoms with Crippen molar-refractivity contribution in [1.82, 2.24) is 4.90 Å². The molecule has 0 bridgehead atoms. The number of halogens is 1. The normalized spacial score (nSPS) is 17.9. The van der Waals surface area contributed by atoms with Gasteiger partial charge in [0.05, 0.1) is 10.7 Å². The molecule has 1 aliphatic rings. The van der Waals surface area contributed by atoms with E-state index in [1.54, 1.807) is 23.1 Å². The van der Waals surface area contributed by atoms with Crippen molar-refractivity contribution in [3.63, 3.8) is 0 Å². The highest BCUT2D eigenvalue weighted by Gasteiger charge is 2.30. The Labute approximate surface area is 140 Å². The van der Waals surface area contributed by atoms with E-state index in [1.807, 2.05) is 20.8 Å². The molecule has 1 heterocycles. The number of ether oxygens (including phenoxy) is 1. The van der Waals surface area contributed by atoms with Crippen LogP contribution in [0.3, 0.4) is 0 Å². The molecular weight excluding hydrogens is 318 g/mol. The molecule has 3 N–H and O–H groups in total. The average Bonchev–Trinajstić information content (AvgIpc) is 2.88. The number of carbonyl (C=O) groups is 2. The van der Waals surface area contributed by atoms with E-state index >= 15 is 0 Å². The van der Waals surface area contributed by atoms with Gasteiger partial charge in [0.25, 0.3) is 0 Å². The molecule has 1 aromatic rings. The molecule has 1 atom stereocenters. The van der Waals surface area contributed by atoms with Gasteiger partial charge in [-0.25, -0.2) is 4.79 Å². The lowest BCUT2D eigenvalue weighted by Gasteiger charge is -2.24. The highest BCUT2D eigenvalue weighted by molar-refractivity contribution is 6.33. The van der Waals surface area contributed by atoms with E-state index in [2.05, 4.69) is 5.32 Å². The van der Waals surface area contributed by atoms with Crippen LogP contribution < -0.4 is 11.1 Å². The van der Waals surface area contributed by atoms with E-state index in [9.17, 15) is 9.59 Å². The van der Waals surface area contributed by atoms with Gasteiger partial charge < -0.3 is 20.7 Å². The molecule has 0 aromatic heterocycles. The highest BCUT2D eigenvalue weighted by atomic mass is 35.5. The van der Waals surface area contributed by atoms with Crippen molar-refractivity contribution in [2.45, 2.75) is 38.8 Å². The van der Waals surface area contributed by atoms with Crippen LogP contribution in [0.25, 0.3) is 0 Å². The Hall–Kier alpha value is -1.95. The minimum Gasteiger partial charge on any atom is -0.444 e. The first-order valence-corrected chi connectivity index (χ1v) is 7.87. The van der Waals surface area contributed by atoms with Crippen molar-refractivity contribution >= 4 is 29.3 Å². The van der Waals surface area contributed by atoms with Crippen LogP contribution in [0, 0.1) is 0 Å². The number of primary amides is 1. The number of anilines is 1. The second kappa shape index (κ2) is 6.66. The van der Waals surface area contributed by atoms with Gasteiger partial charge in [-0.05, 0) is 45.4 Å². The van der Waals surface area contributed by atoms with Crippen LogP contribution in [0.4, 0.5) is 10.5 Å². The zero-order valence-electron chi connectivity index (χ0n) is 13.6. The fraction of sp³-hybridized carbons (Fsp3) is 0.500. The standard InChI is InChI=1S/C16H22ClN3O3/c1-16(2,3)23-15(22)20-7-6-11(9-20)19-13-8-10(14(18)21)4-5-12(13)17/h4-5,8,11,19H,6-7,9H2,1-3H3,(H2,18,21). The lowest BCUT2D eigenvalue weighted by molar-refractivity contribution is 0.0293. The lowest BCUT2D eigenvalue weighted by atomic mass is 10.1. The second-order valence-electron chi connectivity index (χ2n) is 6.62. The third-order valence-electron chi connectivity index (χ3n) is 3.45. The summed E-state index contributed by atoms with van der Waals surface area (Å²) in [5, 5.41) is 3.77. The maximum atomic E-state index is 12.1. The smallest absolute Gasteiger partial charge is 0.410 e. The van der Waals surface area contributed by atoms with Crippen molar-refractivity contribution in [2.75, 3.05) is 18.4 Å². The molecule has 0 radical (unpaired) electrons. The first-order valence-electron chi connectivity index (χ1n) is 7.49. The first-order chi connectivity index (χ1) is 10.7. The number of rotatable bonds is 3. The van der Waals surface area contributed by atoms with Crippen molar-refractivity contribution < 1.29 is 14.3 Å². The van der Waals surface area contributed by atoms with Gasteiger partial charge in [-0.1, -0.05) is 11.6 Å². The molecule has 6 nitrogen and oxygen atoms in total. The number of benzene rings is 1. The Morgan fingerprint density at radius 3 is 2.70 bits per heavy atom. The Morgan fingerprint density at radius 1 is 1.39 bits per heavy atom. The van der Waals surface area contributed by atoms with Gasteiger partial charge in [-0.2, -0.15) is 0 Å². The van der Waals surface area contributed by atoms with Gasteiger partial charge in [0.15, 0.2) is 0 Å². The zero-order chi connectivity index (χ0) is 17.2. The summed E-state index contributed by atoms with van der Waals surface area (Å²) in [6, 6.07) is 4.88. The fourth-order valence-electron chi connectivity index (χ4n) is 2.38. The average molecular weight is 340 g/mol. The molecular formula is C16H22ClN3O3.